The maximum absolute atomic E-state index is 13.4. The van der Waals surface area contributed by atoms with Crippen molar-refractivity contribution in [2.45, 2.75) is 30.8 Å². The van der Waals surface area contributed by atoms with E-state index in [9.17, 15) is 18.0 Å². The summed E-state index contributed by atoms with van der Waals surface area (Å²) in [5.41, 5.74) is 3.31. The molecule has 1 aliphatic rings. The molecule has 0 fully saturated rings. The van der Waals surface area contributed by atoms with Crippen LogP contribution in [-0.4, -0.2) is 49.7 Å². The average Bonchev–Trinajstić information content (AvgIpc) is 2.90. The number of carbonyl (C=O) groups excluding carboxylic acids is 2. The Morgan fingerprint density at radius 2 is 1.66 bits per heavy atom. The van der Waals surface area contributed by atoms with Crippen LogP contribution in [0.4, 0.5) is 0 Å². The van der Waals surface area contributed by atoms with Gasteiger partial charge in [0.25, 0.3) is 5.91 Å². The molecule has 4 rings (SSSR count). The van der Waals surface area contributed by atoms with E-state index in [2.05, 4.69) is 0 Å². The van der Waals surface area contributed by atoms with Crippen molar-refractivity contribution in [1.29, 1.82) is 0 Å². The molecule has 0 N–H and O–H groups in total. The van der Waals surface area contributed by atoms with E-state index in [0.29, 0.717) is 19.5 Å². The van der Waals surface area contributed by atoms with Gasteiger partial charge in [-0.15, -0.1) is 0 Å². The first-order chi connectivity index (χ1) is 16.9. The molecule has 3 aromatic rings. The zero-order chi connectivity index (χ0) is 24.8. The predicted octanol–water partition coefficient (Wildman–Crippen LogP) is 3.64. The summed E-state index contributed by atoms with van der Waals surface area (Å²) in [6.45, 7) is 1.13. The molecule has 0 saturated carbocycles. The van der Waals surface area contributed by atoms with Crippen LogP contribution in [0.5, 0.6) is 0 Å². The first-order valence-corrected chi connectivity index (χ1v) is 12.9. The second-order valence-corrected chi connectivity index (χ2v) is 10.4. The molecule has 0 spiro atoms. The Hall–Kier alpha value is -3.49. The smallest absolute Gasteiger partial charge is 0.307 e. The molecule has 0 aromatic heterocycles. The molecule has 0 aliphatic carbocycles. The van der Waals surface area contributed by atoms with E-state index in [-0.39, 0.29) is 35.9 Å². The molecule has 1 amide bonds. The fraction of sp³-hybridized carbons (Fsp3) is 0.259. The van der Waals surface area contributed by atoms with Crippen LogP contribution in [0.2, 0.25) is 0 Å². The van der Waals surface area contributed by atoms with Crippen molar-refractivity contribution in [2.24, 2.45) is 0 Å². The highest BCUT2D eigenvalue weighted by Crippen LogP contribution is 2.26. The van der Waals surface area contributed by atoms with Crippen LogP contribution in [0.25, 0.3) is 0 Å². The van der Waals surface area contributed by atoms with Crippen molar-refractivity contribution >= 4 is 21.9 Å². The van der Waals surface area contributed by atoms with Crippen molar-refractivity contribution in [3.63, 3.8) is 0 Å². The molecule has 3 aromatic carbocycles. The van der Waals surface area contributed by atoms with Gasteiger partial charge >= 0.3 is 5.97 Å². The molecule has 0 unspecified atom stereocenters. The minimum Gasteiger partial charge on any atom is -0.469 e. The molecule has 8 heteroatoms. The second kappa shape index (κ2) is 10.8. The number of methoxy groups -OCH3 is 1. The Labute approximate surface area is 206 Å². The molecular weight excluding hydrogens is 464 g/mol. The zero-order valence-corrected chi connectivity index (χ0v) is 20.4. The van der Waals surface area contributed by atoms with E-state index < -0.39 is 16.0 Å². The number of hydrogen-bond acceptors (Lipinski definition) is 5. The van der Waals surface area contributed by atoms with E-state index in [0.717, 1.165) is 16.7 Å². The number of sulfonamides is 1. The summed E-state index contributed by atoms with van der Waals surface area (Å²) < 4.78 is 33.0. The number of benzene rings is 3. The van der Waals surface area contributed by atoms with Crippen LogP contribution >= 0.6 is 0 Å². The minimum atomic E-state index is -3.79. The molecule has 182 valence electrons. The SMILES string of the molecule is COC(=O)CCN(Cc1ccccc1)C(=O)c1cccc(S(=O)(=O)N2CCc3ccccc3C2)c1. The second-order valence-electron chi connectivity index (χ2n) is 8.42. The van der Waals surface area contributed by atoms with Gasteiger partial charge in [0.15, 0.2) is 0 Å². The fourth-order valence-corrected chi connectivity index (χ4v) is 5.65. The lowest BCUT2D eigenvalue weighted by Gasteiger charge is -2.28. The molecule has 0 saturated heterocycles. The number of fused-ring (bicyclic) bond motifs is 1. The van der Waals surface area contributed by atoms with Crippen LogP contribution in [0.3, 0.4) is 0 Å². The first kappa shape index (κ1) is 24.6. The van der Waals surface area contributed by atoms with Gasteiger partial charge in [-0.25, -0.2) is 8.42 Å². The van der Waals surface area contributed by atoms with Crippen LogP contribution in [0.15, 0.2) is 83.8 Å². The highest BCUT2D eigenvalue weighted by atomic mass is 32.2. The van der Waals surface area contributed by atoms with Gasteiger partial charge in [-0.05, 0) is 41.3 Å². The third-order valence-electron chi connectivity index (χ3n) is 6.13. The third kappa shape index (κ3) is 5.78. The van der Waals surface area contributed by atoms with Crippen molar-refractivity contribution in [3.8, 4) is 0 Å². The van der Waals surface area contributed by atoms with Crippen LogP contribution in [0.1, 0.15) is 33.5 Å². The largest absolute Gasteiger partial charge is 0.469 e. The standard InChI is InChI=1S/C27H28N2O5S/c1-34-26(30)15-16-28(19-21-8-3-2-4-9-21)27(31)23-12-7-13-25(18-23)35(32,33)29-17-14-22-10-5-6-11-24(22)20-29/h2-13,18H,14-17,19-20H2,1H3. The van der Waals surface area contributed by atoms with E-state index in [1.165, 1.54) is 28.4 Å². The van der Waals surface area contributed by atoms with Gasteiger partial charge in [0, 0.05) is 31.7 Å². The van der Waals surface area contributed by atoms with Crippen molar-refractivity contribution in [3.05, 3.63) is 101 Å². The predicted molar refractivity (Wildman–Crippen MR) is 132 cm³/mol. The number of carbonyl (C=O) groups is 2. The normalized spacial score (nSPS) is 13.6. The number of amides is 1. The summed E-state index contributed by atoms with van der Waals surface area (Å²) in [6.07, 6.45) is 0.687. The van der Waals surface area contributed by atoms with Gasteiger partial charge in [-0.3, -0.25) is 9.59 Å². The van der Waals surface area contributed by atoms with Gasteiger partial charge in [0.1, 0.15) is 0 Å². The molecule has 0 atom stereocenters. The van der Waals surface area contributed by atoms with Gasteiger partial charge in [0.2, 0.25) is 10.0 Å². The van der Waals surface area contributed by atoms with Crippen LogP contribution < -0.4 is 0 Å². The van der Waals surface area contributed by atoms with E-state index in [4.69, 9.17) is 4.74 Å². The molecular formula is C27H28N2O5S. The fourth-order valence-electron chi connectivity index (χ4n) is 4.18. The molecule has 0 bridgehead atoms. The maximum atomic E-state index is 13.4. The highest BCUT2D eigenvalue weighted by Gasteiger charge is 2.29. The Morgan fingerprint density at radius 1 is 0.943 bits per heavy atom. The number of rotatable bonds is 8. The summed E-state index contributed by atoms with van der Waals surface area (Å²) >= 11 is 0. The number of ether oxygens (including phenoxy) is 1. The Kier molecular flexibility index (Phi) is 7.63. The van der Waals surface area contributed by atoms with Gasteiger partial charge in [-0.1, -0.05) is 60.7 Å². The van der Waals surface area contributed by atoms with Crippen molar-refractivity contribution < 1.29 is 22.7 Å². The quantitative estimate of drug-likeness (QED) is 0.449. The maximum Gasteiger partial charge on any atom is 0.307 e. The Balaban J connectivity index is 1.57. The molecule has 0 radical (unpaired) electrons. The van der Waals surface area contributed by atoms with Gasteiger partial charge in [0.05, 0.1) is 18.4 Å². The lowest BCUT2D eigenvalue weighted by atomic mass is 10.0. The molecule has 7 nitrogen and oxygen atoms in total. The summed E-state index contributed by atoms with van der Waals surface area (Å²) in [4.78, 5) is 26.8. The number of hydrogen-bond donors (Lipinski definition) is 0. The first-order valence-electron chi connectivity index (χ1n) is 11.5. The lowest BCUT2D eigenvalue weighted by molar-refractivity contribution is -0.140. The van der Waals surface area contributed by atoms with Crippen LogP contribution in [0, 0.1) is 0 Å². The van der Waals surface area contributed by atoms with E-state index in [1.54, 1.807) is 12.1 Å². The van der Waals surface area contributed by atoms with Crippen molar-refractivity contribution in [2.75, 3.05) is 20.2 Å². The summed E-state index contributed by atoms with van der Waals surface area (Å²) in [6, 6.07) is 23.4. The number of esters is 1. The van der Waals surface area contributed by atoms with Gasteiger partial charge in [-0.2, -0.15) is 4.31 Å². The Morgan fingerprint density at radius 3 is 2.40 bits per heavy atom. The van der Waals surface area contributed by atoms with Crippen molar-refractivity contribution in [1.82, 2.24) is 9.21 Å². The average molecular weight is 493 g/mol. The molecule has 1 heterocycles. The van der Waals surface area contributed by atoms with Crippen LogP contribution in [-0.2, 0) is 39.1 Å². The summed E-state index contributed by atoms with van der Waals surface area (Å²) in [5.74, 6) is -0.767. The Bertz CT molecular complexity index is 1310. The monoisotopic (exact) mass is 492 g/mol. The van der Waals surface area contributed by atoms with E-state index >= 15 is 0 Å². The van der Waals surface area contributed by atoms with Gasteiger partial charge < -0.3 is 9.64 Å². The minimum absolute atomic E-state index is 0.0419. The topological polar surface area (TPSA) is 84.0 Å². The zero-order valence-electron chi connectivity index (χ0n) is 19.6. The third-order valence-corrected chi connectivity index (χ3v) is 7.97. The lowest BCUT2D eigenvalue weighted by Crippen LogP contribution is -2.36. The molecule has 35 heavy (non-hydrogen) atoms. The summed E-state index contributed by atoms with van der Waals surface area (Å²) in [7, 11) is -2.48. The summed E-state index contributed by atoms with van der Waals surface area (Å²) in [5, 5.41) is 0. The number of nitrogens with zero attached hydrogens (tertiary/aromatic N) is 2. The molecule has 1 aliphatic heterocycles. The van der Waals surface area contributed by atoms with E-state index in [1.807, 2.05) is 54.6 Å². The highest BCUT2D eigenvalue weighted by molar-refractivity contribution is 7.89.